The van der Waals surface area contributed by atoms with E-state index in [0.29, 0.717) is 0 Å². The molecule has 0 unspecified atom stereocenters. The first-order valence-corrected chi connectivity index (χ1v) is 6.11. The number of aliphatic hydroxyl groups excluding tert-OH is 1. The van der Waals surface area contributed by atoms with Gasteiger partial charge in [-0.2, -0.15) is 0 Å². The molecule has 1 heteroatoms. The van der Waals surface area contributed by atoms with Gasteiger partial charge in [0.15, 0.2) is 0 Å². The first-order valence-electron chi connectivity index (χ1n) is 6.11. The van der Waals surface area contributed by atoms with Gasteiger partial charge in [-0.3, -0.25) is 0 Å². The van der Waals surface area contributed by atoms with Crippen LogP contribution in [0.4, 0.5) is 0 Å². The molecule has 0 rings (SSSR count). The van der Waals surface area contributed by atoms with Gasteiger partial charge in [0.25, 0.3) is 0 Å². The lowest BCUT2D eigenvalue weighted by Crippen LogP contribution is -1.84. The predicted octanol–water partition coefficient (Wildman–Crippen LogP) is 4.40. The Labute approximate surface area is 101 Å². The third kappa shape index (κ3) is 9.72. The van der Waals surface area contributed by atoms with E-state index < -0.39 is 0 Å². The second kappa shape index (κ2) is 9.41. The Bertz CT molecular complexity index is 265. The van der Waals surface area contributed by atoms with E-state index in [0.717, 1.165) is 19.3 Å². The van der Waals surface area contributed by atoms with Crippen molar-refractivity contribution < 1.29 is 5.11 Å². The summed E-state index contributed by atoms with van der Waals surface area (Å²) in [5, 5.41) is 8.72. The second-order valence-corrected chi connectivity index (χ2v) is 4.65. The molecule has 0 saturated carbocycles. The molecule has 0 aromatic rings. The highest BCUT2D eigenvalue weighted by atomic mass is 16.2. The molecule has 0 aromatic heterocycles. The van der Waals surface area contributed by atoms with Crippen LogP contribution in [-0.2, 0) is 0 Å². The zero-order valence-corrected chi connectivity index (χ0v) is 11.2. The van der Waals surface area contributed by atoms with Crippen molar-refractivity contribution in [2.75, 3.05) is 6.61 Å². The SMILES string of the molecule is CC(C)=CC/C=C(/C)CCC/C(C)=C/CO. The molecule has 16 heavy (non-hydrogen) atoms. The van der Waals surface area contributed by atoms with Crippen LogP contribution >= 0.6 is 0 Å². The summed E-state index contributed by atoms with van der Waals surface area (Å²) in [7, 11) is 0. The molecule has 0 spiro atoms. The van der Waals surface area contributed by atoms with Crippen molar-refractivity contribution in [3.63, 3.8) is 0 Å². The fourth-order valence-electron chi connectivity index (χ4n) is 1.50. The Hall–Kier alpha value is -0.820. The van der Waals surface area contributed by atoms with E-state index in [1.165, 1.54) is 23.1 Å². The molecule has 92 valence electrons. The zero-order valence-electron chi connectivity index (χ0n) is 11.2. The average Bonchev–Trinajstić information content (AvgIpc) is 2.17. The van der Waals surface area contributed by atoms with Crippen molar-refractivity contribution in [3.8, 4) is 0 Å². The van der Waals surface area contributed by atoms with Gasteiger partial charge in [0.05, 0.1) is 6.61 Å². The molecule has 0 aliphatic rings. The highest BCUT2D eigenvalue weighted by Crippen LogP contribution is 2.12. The number of rotatable bonds is 7. The molecule has 1 nitrogen and oxygen atoms in total. The van der Waals surface area contributed by atoms with E-state index >= 15 is 0 Å². The highest BCUT2D eigenvalue weighted by Gasteiger charge is 1.92. The second-order valence-electron chi connectivity index (χ2n) is 4.65. The summed E-state index contributed by atoms with van der Waals surface area (Å²) in [5.41, 5.74) is 4.14. The molecular weight excluding hydrogens is 196 g/mol. The Kier molecular flexibility index (Phi) is 8.93. The van der Waals surface area contributed by atoms with E-state index in [-0.39, 0.29) is 6.61 Å². The lowest BCUT2D eigenvalue weighted by Gasteiger charge is -2.02. The number of hydrogen-bond donors (Lipinski definition) is 1. The van der Waals surface area contributed by atoms with Crippen molar-refractivity contribution in [3.05, 3.63) is 34.9 Å². The van der Waals surface area contributed by atoms with E-state index in [4.69, 9.17) is 5.11 Å². The molecule has 0 aliphatic heterocycles. The monoisotopic (exact) mass is 222 g/mol. The van der Waals surface area contributed by atoms with Crippen LogP contribution < -0.4 is 0 Å². The minimum atomic E-state index is 0.168. The van der Waals surface area contributed by atoms with E-state index in [2.05, 4.69) is 39.8 Å². The summed E-state index contributed by atoms with van der Waals surface area (Å²) in [5.74, 6) is 0. The van der Waals surface area contributed by atoms with Crippen LogP contribution in [0.5, 0.6) is 0 Å². The van der Waals surface area contributed by atoms with Gasteiger partial charge >= 0.3 is 0 Å². The lowest BCUT2D eigenvalue weighted by molar-refractivity contribution is 0.341. The highest BCUT2D eigenvalue weighted by molar-refractivity contribution is 5.06. The smallest absolute Gasteiger partial charge is 0.0614 e. The van der Waals surface area contributed by atoms with Crippen LogP contribution in [-0.4, -0.2) is 11.7 Å². The van der Waals surface area contributed by atoms with Crippen LogP contribution in [0.25, 0.3) is 0 Å². The quantitative estimate of drug-likeness (QED) is 0.633. The van der Waals surface area contributed by atoms with Gasteiger partial charge in [0.1, 0.15) is 0 Å². The normalized spacial score (nSPS) is 12.8. The van der Waals surface area contributed by atoms with Gasteiger partial charge in [-0.25, -0.2) is 0 Å². The summed E-state index contributed by atoms with van der Waals surface area (Å²) in [4.78, 5) is 0. The Morgan fingerprint density at radius 2 is 1.44 bits per heavy atom. The molecule has 0 bridgehead atoms. The molecule has 0 amide bonds. The fourth-order valence-corrected chi connectivity index (χ4v) is 1.50. The molecular formula is C15H26O. The number of allylic oxidation sites excluding steroid dienone is 5. The standard InChI is InChI=1S/C15H26O/c1-13(2)7-5-8-14(3)9-6-10-15(4)11-12-16/h7-8,11,16H,5-6,9-10,12H2,1-4H3/b14-8-,15-11+. The fraction of sp³-hybridized carbons (Fsp3) is 0.600. The van der Waals surface area contributed by atoms with Gasteiger partial charge in [0.2, 0.25) is 0 Å². The summed E-state index contributed by atoms with van der Waals surface area (Å²) in [6.07, 6.45) is 10.9. The van der Waals surface area contributed by atoms with Crippen molar-refractivity contribution in [1.82, 2.24) is 0 Å². The van der Waals surface area contributed by atoms with Gasteiger partial charge < -0.3 is 5.11 Å². The molecule has 0 heterocycles. The van der Waals surface area contributed by atoms with Gasteiger partial charge in [0, 0.05) is 0 Å². The van der Waals surface area contributed by atoms with Crippen LogP contribution in [0.15, 0.2) is 34.9 Å². The summed E-state index contributed by atoms with van der Waals surface area (Å²) < 4.78 is 0. The number of aliphatic hydroxyl groups is 1. The Morgan fingerprint density at radius 1 is 0.875 bits per heavy atom. The van der Waals surface area contributed by atoms with Crippen LogP contribution in [0.3, 0.4) is 0 Å². The topological polar surface area (TPSA) is 20.2 Å². The maximum atomic E-state index is 8.72. The van der Waals surface area contributed by atoms with Gasteiger partial charge in [-0.05, 0) is 53.4 Å². The Balaban J connectivity index is 3.76. The molecule has 0 saturated heterocycles. The van der Waals surface area contributed by atoms with Gasteiger partial charge in [-0.15, -0.1) is 0 Å². The molecule has 0 aromatic carbocycles. The summed E-state index contributed by atoms with van der Waals surface area (Å²) in [6, 6.07) is 0. The Morgan fingerprint density at radius 3 is 1.94 bits per heavy atom. The van der Waals surface area contributed by atoms with Crippen LogP contribution in [0.2, 0.25) is 0 Å². The molecule has 0 atom stereocenters. The molecule has 1 N–H and O–H groups in total. The predicted molar refractivity (Wildman–Crippen MR) is 72.5 cm³/mol. The maximum Gasteiger partial charge on any atom is 0.0614 e. The van der Waals surface area contributed by atoms with Gasteiger partial charge in [-0.1, -0.05) is 34.9 Å². The van der Waals surface area contributed by atoms with E-state index in [1.807, 2.05) is 6.08 Å². The third-order valence-electron chi connectivity index (χ3n) is 2.57. The maximum absolute atomic E-state index is 8.72. The first-order chi connectivity index (χ1) is 7.56. The summed E-state index contributed by atoms with van der Waals surface area (Å²) >= 11 is 0. The van der Waals surface area contributed by atoms with Crippen LogP contribution in [0.1, 0.15) is 53.4 Å². The number of hydrogen-bond acceptors (Lipinski definition) is 1. The zero-order chi connectivity index (χ0) is 12.4. The van der Waals surface area contributed by atoms with Crippen molar-refractivity contribution in [2.24, 2.45) is 0 Å². The summed E-state index contributed by atoms with van der Waals surface area (Å²) in [6.45, 7) is 8.71. The molecule has 0 aliphatic carbocycles. The van der Waals surface area contributed by atoms with Crippen molar-refractivity contribution >= 4 is 0 Å². The van der Waals surface area contributed by atoms with Crippen LogP contribution in [0, 0.1) is 0 Å². The largest absolute Gasteiger partial charge is 0.392 e. The molecule has 0 radical (unpaired) electrons. The minimum Gasteiger partial charge on any atom is -0.392 e. The van der Waals surface area contributed by atoms with Crippen molar-refractivity contribution in [1.29, 1.82) is 0 Å². The van der Waals surface area contributed by atoms with Crippen molar-refractivity contribution in [2.45, 2.75) is 53.4 Å². The van der Waals surface area contributed by atoms with E-state index in [1.54, 1.807) is 0 Å². The average molecular weight is 222 g/mol. The first kappa shape index (κ1) is 15.2. The third-order valence-corrected chi connectivity index (χ3v) is 2.57. The van der Waals surface area contributed by atoms with E-state index in [9.17, 15) is 0 Å². The molecule has 0 fully saturated rings. The lowest BCUT2D eigenvalue weighted by atomic mass is 10.0. The minimum absolute atomic E-state index is 0.168.